The van der Waals surface area contributed by atoms with Crippen molar-refractivity contribution in [3.63, 3.8) is 0 Å². The molecule has 0 bridgehead atoms. The van der Waals surface area contributed by atoms with Crippen LogP contribution >= 0.6 is 11.8 Å². The number of urea groups is 1. The van der Waals surface area contributed by atoms with Crippen molar-refractivity contribution < 1.29 is 27.1 Å². The lowest BCUT2D eigenvalue weighted by Gasteiger charge is -2.23. The van der Waals surface area contributed by atoms with Gasteiger partial charge in [-0.25, -0.2) is 18.9 Å². The minimum Gasteiger partial charge on any atom is -0.406 e. The van der Waals surface area contributed by atoms with E-state index in [4.69, 9.17) is 0 Å². The molecule has 0 saturated carbocycles. The summed E-state index contributed by atoms with van der Waals surface area (Å²) in [4.78, 5) is 23.4. The zero-order valence-electron chi connectivity index (χ0n) is 23.5. The van der Waals surface area contributed by atoms with Gasteiger partial charge in [-0.2, -0.15) is 4.99 Å². The third kappa shape index (κ3) is 7.34. The lowest BCUT2D eigenvalue weighted by Crippen LogP contribution is -2.29. The summed E-state index contributed by atoms with van der Waals surface area (Å²) in [6.07, 6.45) is -3.30. The molecule has 13 heteroatoms. The number of carbonyl (C=O) groups is 1. The van der Waals surface area contributed by atoms with Crippen molar-refractivity contribution in [1.29, 1.82) is 0 Å². The van der Waals surface area contributed by atoms with Crippen LogP contribution < -0.4 is 15.0 Å². The van der Waals surface area contributed by atoms with Crippen LogP contribution in [0.15, 0.2) is 78.0 Å². The first-order valence-corrected chi connectivity index (χ1v) is 14.4. The second-order valence-corrected chi connectivity index (χ2v) is 11.2. The fourth-order valence-corrected chi connectivity index (χ4v) is 5.53. The SMILES string of the molecule is CC(C)c1cc(F)ccc1N1CCSC1=NC(=O)NC(C)c1ccc(-c2ncn(-c3ccc(OC(F)(F)F)cc3)n2)cc1. The number of anilines is 1. The predicted octanol–water partition coefficient (Wildman–Crippen LogP) is 7.48. The van der Waals surface area contributed by atoms with Crippen molar-refractivity contribution in [2.45, 2.75) is 39.1 Å². The number of nitrogens with zero attached hydrogens (tertiary/aromatic N) is 5. The van der Waals surface area contributed by atoms with Gasteiger partial charge >= 0.3 is 12.4 Å². The maximum absolute atomic E-state index is 13.9. The number of aliphatic imine (C=N–C) groups is 1. The van der Waals surface area contributed by atoms with Crippen LogP contribution in [0.2, 0.25) is 0 Å². The van der Waals surface area contributed by atoms with E-state index in [0.717, 1.165) is 28.1 Å². The number of carbonyl (C=O) groups excluding carboxylic acids is 1. The normalized spacial score (nSPS) is 15.3. The minimum atomic E-state index is -4.76. The van der Waals surface area contributed by atoms with Gasteiger partial charge in [-0.3, -0.25) is 0 Å². The summed E-state index contributed by atoms with van der Waals surface area (Å²) in [5.41, 5.74) is 3.78. The first kappa shape index (κ1) is 30.1. The third-order valence-corrected chi connectivity index (χ3v) is 7.67. The van der Waals surface area contributed by atoms with Gasteiger partial charge in [-0.1, -0.05) is 49.9 Å². The number of thioether (sulfide) groups is 1. The molecule has 0 spiro atoms. The van der Waals surface area contributed by atoms with E-state index in [0.29, 0.717) is 23.2 Å². The Morgan fingerprint density at radius 1 is 1.05 bits per heavy atom. The van der Waals surface area contributed by atoms with E-state index in [9.17, 15) is 22.4 Å². The summed E-state index contributed by atoms with van der Waals surface area (Å²) in [6.45, 7) is 6.51. The van der Waals surface area contributed by atoms with Crippen LogP contribution in [0.4, 0.5) is 28.0 Å². The highest BCUT2D eigenvalue weighted by atomic mass is 32.2. The Balaban J connectivity index is 1.23. The van der Waals surface area contributed by atoms with E-state index in [-0.39, 0.29) is 23.5 Å². The molecule has 1 atom stereocenters. The van der Waals surface area contributed by atoms with Gasteiger partial charge in [-0.05, 0) is 66.4 Å². The van der Waals surface area contributed by atoms with E-state index in [1.807, 2.05) is 49.9 Å². The molecular formula is C30H28F4N6O2S. The van der Waals surface area contributed by atoms with E-state index >= 15 is 0 Å². The molecule has 1 aliphatic heterocycles. The number of halogens is 4. The molecule has 1 N–H and O–H groups in total. The average Bonchev–Trinajstić information content (AvgIpc) is 3.63. The van der Waals surface area contributed by atoms with Crippen molar-refractivity contribution in [3.8, 4) is 22.8 Å². The minimum absolute atomic E-state index is 0.103. The van der Waals surface area contributed by atoms with Crippen molar-refractivity contribution in [3.05, 3.63) is 90.0 Å². The van der Waals surface area contributed by atoms with Gasteiger partial charge in [0.25, 0.3) is 0 Å². The van der Waals surface area contributed by atoms with Crippen molar-refractivity contribution >= 4 is 28.6 Å². The Hall–Kier alpha value is -4.39. The van der Waals surface area contributed by atoms with E-state index in [1.165, 1.54) is 59.2 Å². The molecular weight excluding hydrogens is 584 g/mol. The Kier molecular flexibility index (Phi) is 8.71. The van der Waals surface area contributed by atoms with Crippen molar-refractivity contribution in [1.82, 2.24) is 20.1 Å². The maximum Gasteiger partial charge on any atom is 0.573 e. The van der Waals surface area contributed by atoms with Crippen LogP contribution in [0.3, 0.4) is 0 Å². The molecule has 2 heterocycles. The van der Waals surface area contributed by atoms with E-state index in [2.05, 4.69) is 25.1 Å². The zero-order chi connectivity index (χ0) is 30.7. The fourth-order valence-electron chi connectivity index (χ4n) is 4.58. The number of hydrogen-bond donors (Lipinski definition) is 1. The maximum atomic E-state index is 13.9. The van der Waals surface area contributed by atoms with Crippen LogP contribution in [-0.4, -0.2) is 44.6 Å². The molecule has 8 nitrogen and oxygen atoms in total. The molecule has 1 aromatic heterocycles. The quantitative estimate of drug-likeness (QED) is 0.218. The average molecular weight is 613 g/mol. The largest absolute Gasteiger partial charge is 0.573 e. The van der Waals surface area contributed by atoms with Crippen LogP contribution in [-0.2, 0) is 0 Å². The van der Waals surface area contributed by atoms with Crippen LogP contribution in [0.25, 0.3) is 17.1 Å². The lowest BCUT2D eigenvalue weighted by atomic mass is 10.0. The predicted molar refractivity (Wildman–Crippen MR) is 158 cm³/mol. The van der Waals surface area contributed by atoms with Crippen LogP contribution in [0.1, 0.15) is 43.9 Å². The molecule has 0 aliphatic carbocycles. The Morgan fingerprint density at radius 3 is 2.44 bits per heavy atom. The van der Waals surface area contributed by atoms with Crippen molar-refractivity contribution in [2.75, 3.05) is 17.2 Å². The highest BCUT2D eigenvalue weighted by Gasteiger charge is 2.31. The summed E-state index contributed by atoms with van der Waals surface area (Å²) in [5.74, 6) is 0.663. The third-order valence-electron chi connectivity index (χ3n) is 6.71. The van der Waals surface area contributed by atoms with Crippen LogP contribution in [0, 0.1) is 5.82 Å². The Bertz CT molecular complexity index is 1620. The molecule has 4 aromatic rings. The molecule has 1 aliphatic rings. The number of amidine groups is 1. The van der Waals surface area contributed by atoms with E-state index < -0.39 is 12.4 Å². The number of ether oxygens (including phenoxy) is 1. The number of benzene rings is 3. The summed E-state index contributed by atoms with van der Waals surface area (Å²) in [5, 5.41) is 7.89. The highest BCUT2D eigenvalue weighted by molar-refractivity contribution is 8.14. The van der Waals surface area contributed by atoms with Gasteiger partial charge in [0.15, 0.2) is 11.0 Å². The molecule has 2 amide bonds. The lowest BCUT2D eigenvalue weighted by molar-refractivity contribution is -0.274. The molecule has 3 aromatic carbocycles. The van der Waals surface area contributed by atoms with Gasteiger partial charge in [0.2, 0.25) is 0 Å². The van der Waals surface area contributed by atoms with Gasteiger partial charge in [0.1, 0.15) is 17.9 Å². The zero-order valence-corrected chi connectivity index (χ0v) is 24.3. The van der Waals surface area contributed by atoms with Gasteiger partial charge in [-0.15, -0.1) is 18.3 Å². The van der Waals surface area contributed by atoms with Gasteiger partial charge in [0, 0.05) is 23.5 Å². The standard InChI is InChI=1S/C30H28F4N6O2S/c1-18(2)25-16-22(31)8-13-26(25)39-14-15-43-29(39)37-28(41)36-19(3)20-4-6-21(7-5-20)27-35-17-40(38-27)23-9-11-24(12-10-23)42-30(32,33)34/h4-13,16-19H,14-15H2,1-3H3,(H,36,41). The molecule has 1 saturated heterocycles. The first-order valence-electron chi connectivity index (χ1n) is 13.4. The summed E-state index contributed by atoms with van der Waals surface area (Å²) < 4.78 is 56.5. The molecule has 5 rings (SSSR count). The van der Waals surface area contributed by atoms with Gasteiger partial charge in [0.05, 0.1) is 11.7 Å². The second-order valence-electron chi connectivity index (χ2n) is 10.1. The Labute approximate surface area is 249 Å². The van der Waals surface area contributed by atoms with Crippen molar-refractivity contribution in [2.24, 2.45) is 4.99 Å². The number of hydrogen-bond acceptors (Lipinski definition) is 5. The summed E-state index contributed by atoms with van der Waals surface area (Å²) in [7, 11) is 0. The summed E-state index contributed by atoms with van der Waals surface area (Å²) >= 11 is 1.48. The second kappa shape index (κ2) is 12.5. The monoisotopic (exact) mass is 612 g/mol. The molecule has 1 fully saturated rings. The first-order chi connectivity index (χ1) is 20.5. The number of amides is 2. The number of aromatic nitrogens is 3. The highest BCUT2D eigenvalue weighted by Crippen LogP contribution is 2.33. The topological polar surface area (TPSA) is 84.6 Å². The summed E-state index contributed by atoms with van der Waals surface area (Å²) in [6, 6.07) is 16.5. The molecule has 0 radical (unpaired) electrons. The molecule has 1 unspecified atom stereocenters. The fraction of sp³-hybridized carbons (Fsp3) is 0.267. The number of nitrogens with one attached hydrogen (secondary N) is 1. The number of alkyl halides is 3. The van der Waals surface area contributed by atoms with Gasteiger partial charge < -0.3 is 15.0 Å². The smallest absolute Gasteiger partial charge is 0.406 e. The Morgan fingerprint density at radius 2 is 1.77 bits per heavy atom. The number of rotatable bonds is 7. The molecule has 224 valence electrons. The van der Waals surface area contributed by atoms with Crippen LogP contribution in [0.5, 0.6) is 5.75 Å². The molecule has 43 heavy (non-hydrogen) atoms. The van der Waals surface area contributed by atoms with E-state index in [1.54, 1.807) is 6.07 Å².